The Labute approximate surface area is 143 Å². The SMILES string of the molecule is COc1ccc(C(CN)c2cc(C(C)C)nn2C)c(OC)c1OC. The van der Waals surface area contributed by atoms with E-state index in [0.29, 0.717) is 29.7 Å². The highest BCUT2D eigenvalue weighted by molar-refractivity contribution is 5.58. The van der Waals surface area contributed by atoms with Gasteiger partial charge in [0, 0.05) is 30.8 Å². The number of aromatic nitrogens is 2. The van der Waals surface area contributed by atoms with Crippen LogP contribution in [0.3, 0.4) is 0 Å². The van der Waals surface area contributed by atoms with Crippen molar-refractivity contribution in [3.8, 4) is 17.2 Å². The van der Waals surface area contributed by atoms with Crippen molar-refractivity contribution < 1.29 is 14.2 Å². The lowest BCUT2D eigenvalue weighted by Crippen LogP contribution is -2.18. The van der Waals surface area contributed by atoms with Gasteiger partial charge in [0.2, 0.25) is 5.75 Å². The van der Waals surface area contributed by atoms with Crippen LogP contribution in [0.2, 0.25) is 0 Å². The van der Waals surface area contributed by atoms with Gasteiger partial charge in [0.05, 0.1) is 27.0 Å². The standard InChI is InChI=1S/C18H27N3O3/c1-11(2)14-9-15(21(3)20-14)13(10-19)12-7-8-16(22-4)18(24-6)17(12)23-5/h7-9,11,13H,10,19H2,1-6H3. The van der Waals surface area contributed by atoms with E-state index in [1.54, 1.807) is 21.3 Å². The Morgan fingerprint density at radius 1 is 1.08 bits per heavy atom. The normalized spacial score (nSPS) is 12.3. The summed E-state index contributed by atoms with van der Waals surface area (Å²) in [4.78, 5) is 0. The molecule has 1 unspecified atom stereocenters. The summed E-state index contributed by atoms with van der Waals surface area (Å²) in [6.45, 7) is 4.68. The van der Waals surface area contributed by atoms with Crippen LogP contribution < -0.4 is 19.9 Å². The third kappa shape index (κ3) is 3.19. The fraction of sp³-hybridized carbons (Fsp3) is 0.500. The summed E-state index contributed by atoms with van der Waals surface area (Å²) in [5, 5.41) is 4.60. The van der Waals surface area contributed by atoms with Gasteiger partial charge in [-0.1, -0.05) is 19.9 Å². The number of ether oxygens (including phenoxy) is 3. The maximum absolute atomic E-state index is 6.11. The van der Waals surface area contributed by atoms with Gasteiger partial charge in [-0.3, -0.25) is 4.68 Å². The van der Waals surface area contributed by atoms with Crippen LogP contribution in [0.1, 0.15) is 42.6 Å². The number of nitrogens with two attached hydrogens (primary N) is 1. The molecule has 0 saturated heterocycles. The Morgan fingerprint density at radius 2 is 1.75 bits per heavy atom. The number of hydrogen-bond acceptors (Lipinski definition) is 5. The largest absolute Gasteiger partial charge is 0.493 e. The van der Waals surface area contributed by atoms with Crippen molar-refractivity contribution in [1.82, 2.24) is 9.78 Å². The quantitative estimate of drug-likeness (QED) is 0.843. The van der Waals surface area contributed by atoms with Crippen molar-refractivity contribution in [2.75, 3.05) is 27.9 Å². The minimum atomic E-state index is -0.0512. The van der Waals surface area contributed by atoms with Gasteiger partial charge in [-0.15, -0.1) is 0 Å². The molecule has 0 fully saturated rings. The second kappa shape index (κ2) is 7.57. The molecular weight excluding hydrogens is 306 g/mol. The van der Waals surface area contributed by atoms with E-state index >= 15 is 0 Å². The Morgan fingerprint density at radius 3 is 2.21 bits per heavy atom. The maximum Gasteiger partial charge on any atom is 0.203 e. The van der Waals surface area contributed by atoms with Crippen molar-refractivity contribution in [3.63, 3.8) is 0 Å². The van der Waals surface area contributed by atoms with Crippen LogP contribution in [0.15, 0.2) is 18.2 Å². The van der Waals surface area contributed by atoms with Gasteiger partial charge in [0.15, 0.2) is 11.5 Å². The molecule has 0 saturated carbocycles. The van der Waals surface area contributed by atoms with Crippen LogP contribution in [0.5, 0.6) is 17.2 Å². The zero-order valence-electron chi connectivity index (χ0n) is 15.3. The molecule has 6 heteroatoms. The molecular formula is C18H27N3O3. The average molecular weight is 333 g/mol. The lowest BCUT2D eigenvalue weighted by Gasteiger charge is -2.21. The average Bonchev–Trinajstić information content (AvgIpc) is 2.96. The minimum absolute atomic E-state index is 0.0512. The maximum atomic E-state index is 6.11. The first-order valence-corrected chi connectivity index (χ1v) is 8.01. The molecule has 0 radical (unpaired) electrons. The molecule has 1 heterocycles. The van der Waals surface area contributed by atoms with Gasteiger partial charge < -0.3 is 19.9 Å². The summed E-state index contributed by atoms with van der Waals surface area (Å²) >= 11 is 0. The first kappa shape index (κ1) is 18.1. The Balaban J connectivity index is 2.59. The molecule has 24 heavy (non-hydrogen) atoms. The topological polar surface area (TPSA) is 71.5 Å². The van der Waals surface area contributed by atoms with Crippen LogP contribution in [0.25, 0.3) is 0 Å². The zero-order chi connectivity index (χ0) is 17.9. The van der Waals surface area contributed by atoms with Gasteiger partial charge in [-0.2, -0.15) is 5.10 Å². The lowest BCUT2D eigenvalue weighted by molar-refractivity contribution is 0.321. The van der Waals surface area contributed by atoms with E-state index in [-0.39, 0.29) is 5.92 Å². The molecule has 0 aliphatic carbocycles. The fourth-order valence-electron chi connectivity index (χ4n) is 2.92. The van der Waals surface area contributed by atoms with Crippen LogP contribution in [-0.2, 0) is 7.05 Å². The summed E-state index contributed by atoms with van der Waals surface area (Å²) in [5.74, 6) is 2.14. The van der Waals surface area contributed by atoms with Crippen LogP contribution >= 0.6 is 0 Å². The molecule has 0 aliphatic heterocycles. The first-order chi connectivity index (χ1) is 11.5. The molecule has 0 bridgehead atoms. The van der Waals surface area contributed by atoms with Crippen molar-refractivity contribution in [1.29, 1.82) is 0 Å². The van der Waals surface area contributed by atoms with Crippen molar-refractivity contribution >= 4 is 0 Å². The summed E-state index contributed by atoms with van der Waals surface area (Å²) in [6.07, 6.45) is 0. The van der Waals surface area contributed by atoms with Crippen molar-refractivity contribution in [3.05, 3.63) is 35.2 Å². The highest BCUT2D eigenvalue weighted by Crippen LogP contribution is 2.44. The fourth-order valence-corrected chi connectivity index (χ4v) is 2.92. The molecule has 0 spiro atoms. The van der Waals surface area contributed by atoms with E-state index in [1.165, 1.54) is 0 Å². The molecule has 2 aromatic rings. The second-order valence-electron chi connectivity index (χ2n) is 5.98. The summed E-state index contributed by atoms with van der Waals surface area (Å²) in [7, 11) is 6.77. The Hall–Kier alpha value is -2.21. The molecule has 1 aromatic carbocycles. The number of benzene rings is 1. The molecule has 132 valence electrons. The van der Waals surface area contributed by atoms with Gasteiger partial charge in [0.1, 0.15) is 0 Å². The highest BCUT2D eigenvalue weighted by Gasteiger charge is 2.25. The number of methoxy groups -OCH3 is 3. The minimum Gasteiger partial charge on any atom is -0.493 e. The number of hydrogen-bond donors (Lipinski definition) is 1. The van der Waals surface area contributed by atoms with E-state index < -0.39 is 0 Å². The van der Waals surface area contributed by atoms with Crippen LogP contribution in [0, 0.1) is 0 Å². The first-order valence-electron chi connectivity index (χ1n) is 8.01. The lowest BCUT2D eigenvalue weighted by atomic mass is 9.93. The van der Waals surface area contributed by atoms with Gasteiger partial charge in [-0.05, 0) is 18.1 Å². The van der Waals surface area contributed by atoms with Crippen molar-refractivity contribution in [2.45, 2.75) is 25.7 Å². The molecule has 2 N–H and O–H groups in total. The second-order valence-corrected chi connectivity index (χ2v) is 5.98. The smallest absolute Gasteiger partial charge is 0.203 e. The third-order valence-corrected chi connectivity index (χ3v) is 4.23. The van der Waals surface area contributed by atoms with Gasteiger partial charge >= 0.3 is 0 Å². The molecule has 6 nitrogen and oxygen atoms in total. The van der Waals surface area contributed by atoms with Crippen LogP contribution in [0.4, 0.5) is 0 Å². The van der Waals surface area contributed by atoms with Crippen molar-refractivity contribution in [2.24, 2.45) is 12.8 Å². The van der Waals surface area contributed by atoms with E-state index in [9.17, 15) is 0 Å². The monoisotopic (exact) mass is 333 g/mol. The Bertz CT molecular complexity index is 695. The highest BCUT2D eigenvalue weighted by atomic mass is 16.5. The molecule has 1 aromatic heterocycles. The molecule has 2 rings (SSSR count). The molecule has 0 amide bonds. The summed E-state index contributed by atoms with van der Waals surface area (Å²) in [5.41, 5.74) is 9.16. The molecule has 0 aliphatic rings. The summed E-state index contributed by atoms with van der Waals surface area (Å²) in [6, 6.07) is 5.96. The van der Waals surface area contributed by atoms with E-state index in [0.717, 1.165) is 17.0 Å². The van der Waals surface area contributed by atoms with Gasteiger partial charge in [-0.25, -0.2) is 0 Å². The number of aryl methyl sites for hydroxylation is 1. The van der Waals surface area contributed by atoms with Gasteiger partial charge in [0.25, 0.3) is 0 Å². The van der Waals surface area contributed by atoms with Crippen LogP contribution in [-0.4, -0.2) is 37.7 Å². The van der Waals surface area contributed by atoms with E-state index in [2.05, 4.69) is 25.0 Å². The number of nitrogens with zero attached hydrogens (tertiary/aromatic N) is 2. The Kier molecular flexibility index (Phi) is 5.72. The van der Waals surface area contributed by atoms with E-state index in [1.807, 2.05) is 23.9 Å². The molecule has 1 atom stereocenters. The predicted octanol–water partition coefficient (Wildman–Crippen LogP) is 2.66. The summed E-state index contributed by atoms with van der Waals surface area (Å²) < 4.78 is 18.4. The number of rotatable bonds is 7. The predicted molar refractivity (Wildman–Crippen MR) is 94.3 cm³/mol. The third-order valence-electron chi connectivity index (χ3n) is 4.23. The zero-order valence-corrected chi connectivity index (χ0v) is 15.3. The van der Waals surface area contributed by atoms with E-state index in [4.69, 9.17) is 19.9 Å².